The van der Waals surface area contributed by atoms with Gasteiger partial charge in [0.2, 0.25) is 0 Å². The van der Waals surface area contributed by atoms with Crippen LogP contribution in [0, 0.1) is 17.3 Å². The number of carboxylic acids is 1. The average molecular weight is 312 g/mol. The van der Waals surface area contributed by atoms with Crippen molar-refractivity contribution in [3.63, 3.8) is 0 Å². The Morgan fingerprint density at radius 2 is 1.75 bits per heavy atom. The summed E-state index contributed by atoms with van der Waals surface area (Å²) < 4.78 is 45.4. The number of alkyl halides is 3. The van der Waals surface area contributed by atoms with E-state index in [0.29, 0.717) is 0 Å². The van der Waals surface area contributed by atoms with Gasteiger partial charge in [-0.3, -0.25) is 4.79 Å². The Labute approximate surface area is 118 Å². The van der Waals surface area contributed by atoms with Gasteiger partial charge in [-0.1, -0.05) is 13.8 Å². The smallest absolute Gasteiger partial charge is 0.416 e. The molecule has 0 aromatic carbocycles. The van der Waals surface area contributed by atoms with Gasteiger partial charge in [-0.05, 0) is 44.3 Å². The molecule has 0 amide bonds. The van der Waals surface area contributed by atoms with Crippen LogP contribution in [-0.4, -0.2) is 31.2 Å². The molecule has 1 saturated carbocycles. The van der Waals surface area contributed by atoms with Gasteiger partial charge in [0.05, 0.1) is 5.92 Å². The van der Waals surface area contributed by atoms with E-state index in [1.165, 1.54) is 0 Å². The summed E-state index contributed by atoms with van der Waals surface area (Å²) in [6.45, 7) is 9.53. The SMILES string of the molecule is CC1(C)C(CC(C)(O[Si](C)(C)C)C(F)(F)F)C1C(=O)O. The van der Waals surface area contributed by atoms with Crippen LogP contribution in [0.3, 0.4) is 0 Å². The maximum Gasteiger partial charge on any atom is 0.416 e. The van der Waals surface area contributed by atoms with Gasteiger partial charge in [-0.15, -0.1) is 0 Å². The maximum absolute atomic E-state index is 13.4. The lowest BCUT2D eigenvalue weighted by Gasteiger charge is -2.38. The maximum atomic E-state index is 13.4. The lowest BCUT2D eigenvalue weighted by Crippen LogP contribution is -2.51. The first-order valence-corrected chi connectivity index (χ1v) is 10.0. The minimum atomic E-state index is -4.50. The van der Waals surface area contributed by atoms with Crippen molar-refractivity contribution in [3.8, 4) is 0 Å². The van der Waals surface area contributed by atoms with E-state index in [4.69, 9.17) is 9.53 Å². The Bertz CT molecular complexity index is 401. The van der Waals surface area contributed by atoms with Crippen LogP contribution in [0.5, 0.6) is 0 Å². The molecule has 3 nitrogen and oxygen atoms in total. The van der Waals surface area contributed by atoms with E-state index in [2.05, 4.69) is 0 Å². The molecule has 0 aromatic heterocycles. The molecule has 1 rings (SSSR count). The topological polar surface area (TPSA) is 46.5 Å². The number of rotatable bonds is 5. The first kappa shape index (κ1) is 17.5. The predicted molar refractivity (Wildman–Crippen MR) is 71.9 cm³/mol. The molecular weight excluding hydrogens is 289 g/mol. The minimum Gasteiger partial charge on any atom is -0.481 e. The second kappa shape index (κ2) is 4.73. The third-order valence-electron chi connectivity index (χ3n) is 4.06. The van der Waals surface area contributed by atoms with E-state index in [9.17, 15) is 18.0 Å². The van der Waals surface area contributed by atoms with Crippen molar-refractivity contribution >= 4 is 14.3 Å². The zero-order valence-corrected chi connectivity index (χ0v) is 13.8. The molecule has 3 unspecified atom stereocenters. The van der Waals surface area contributed by atoms with Gasteiger partial charge in [0, 0.05) is 0 Å². The number of hydrogen-bond donors (Lipinski definition) is 1. The zero-order chi connectivity index (χ0) is 16.1. The normalized spacial score (nSPS) is 28.9. The molecule has 0 aliphatic heterocycles. The third-order valence-corrected chi connectivity index (χ3v) is 5.12. The van der Waals surface area contributed by atoms with E-state index >= 15 is 0 Å². The van der Waals surface area contributed by atoms with Crippen LogP contribution >= 0.6 is 0 Å². The van der Waals surface area contributed by atoms with E-state index in [0.717, 1.165) is 6.92 Å². The Kier molecular flexibility index (Phi) is 4.13. The van der Waals surface area contributed by atoms with Crippen molar-refractivity contribution in [2.24, 2.45) is 17.3 Å². The molecule has 3 atom stereocenters. The second-order valence-corrected chi connectivity index (χ2v) is 11.8. The fourth-order valence-corrected chi connectivity index (χ4v) is 4.48. The Hall–Kier alpha value is -0.563. The van der Waals surface area contributed by atoms with E-state index in [1.54, 1.807) is 33.5 Å². The summed E-state index contributed by atoms with van der Waals surface area (Å²) in [5.41, 5.74) is -2.88. The van der Waals surface area contributed by atoms with Crippen molar-refractivity contribution in [3.05, 3.63) is 0 Å². The van der Waals surface area contributed by atoms with Crippen LogP contribution in [-0.2, 0) is 9.22 Å². The minimum absolute atomic E-state index is 0.301. The molecule has 7 heteroatoms. The highest BCUT2D eigenvalue weighted by atomic mass is 28.4. The van der Waals surface area contributed by atoms with Gasteiger partial charge in [0.1, 0.15) is 5.60 Å². The Morgan fingerprint density at radius 1 is 1.30 bits per heavy atom. The Morgan fingerprint density at radius 3 is 2.00 bits per heavy atom. The van der Waals surface area contributed by atoms with Crippen LogP contribution in [0.25, 0.3) is 0 Å². The number of aliphatic carboxylic acids is 1. The van der Waals surface area contributed by atoms with Gasteiger partial charge in [0.15, 0.2) is 8.32 Å². The molecule has 0 bridgehead atoms. The molecular formula is C13H23F3O3Si. The highest BCUT2D eigenvalue weighted by Crippen LogP contribution is 2.62. The lowest BCUT2D eigenvalue weighted by molar-refractivity contribution is -0.249. The van der Waals surface area contributed by atoms with Crippen LogP contribution < -0.4 is 0 Å². The van der Waals surface area contributed by atoms with Crippen LogP contribution in [0.1, 0.15) is 27.2 Å². The molecule has 20 heavy (non-hydrogen) atoms. The average Bonchev–Trinajstić information content (AvgIpc) is 2.61. The summed E-state index contributed by atoms with van der Waals surface area (Å²) in [6, 6.07) is 0. The number of halogens is 3. The van der Waals surface area contributed by atoms with Gasteiger partial charge in [-0.2, -0.15) is 13.2 Å². The number of carbonyl (C=O) groups is 1. The molecule has 0 heterocycles. The molecule has 0 aromatic rings. The fraction of sp³-hybridized carbons (Fsp3) is 0.923. The number of carboxylic acid groups (broad SMARTS) is 1. The van der Waals surface area contributed by atoms with Gasteiger partial charge >= 0.3 is 12.1 Å². The molecule has 1 N–H and O–H groups in total. The van der Waals surface area contributed by atoms with E-state index in [1.807, 2.05) is 0 Å². The van der Waals surface area contributed by atoms with E-state index in [-0.39, 0.29) is 6.42 Å². The standard InChI is InChI=1S/C13H23F3O3Si/c1-11(2)8(9(11)10(17)18)7-12(3,13(14,15)16)19-20(4,5)6/h8-9H,7H2,1-6H3,(H,17,18). The first-order valence-electron chi connectivity index (χ1n) is 6.61. The zero-order valence-electron chi connectivity index (χ0n) is 12.8. The molecule has 118 valence electrons. The molecule has 1 aliphatic rings. The highest BCUT2D eigenvalue weighted by molar-refractivity contribution is 6.69. The predicted octanol–water partition coefficient (Wildman–Crippen LogP) is 3.91. The summed E-state index contributed by atoms with van der Waals surface area (Å²) in [7, 11) is -2.40. The monoisotopic (exact) mass is 312 g/mol. The highest BCUT2D eigenvalue weighted by Gasteiger charge is 2.67. The molecule has 0 saturated heterocycles. The van der Waals surface area contributed by atoms with Crippen molar-refractivity contribution in [1.29, 1.82) is 0 Å². The summed E-state index contributed by atoms with van der Waals surface area (Å²) in [6.07, 6.45) is -4.81. The molecule has 0 radical (unpaired) electrons. The lowest BCUT2D eigenvalue weighted by atomic mass is 9.95. The van der Waals surface area contributed by atoms with Gasteiger partial charge in [0.25, 0.3) is 0 Å². The van der Waals surface area contributed by atoms with Gasteiger partial charge < -0.3 is 9.53 Å². The molecule has 1 aliphatic carbocycles. The number of hydrogen-bond acceptors (Lipinski definition) is 2. The van der Waals surface area contributed by atoms with Gasteiger partial charge in [-0.25, -0.2) is 0 Å². The van der Waals surface area contributed by atoms with Crippen LogP contribution in [0.15, 0.2) is 0 Å². The second-order valence-electron chi connectivity index (χ2n) is 7.39. The largest absolute Gasteiger partial charge is 0.481 e. The van der Waals surface area contributed by atoms with Crippen LogP contribution in [0.4, 0.5) is 13.2 Å². The summed E-state index contributed by atoms with van der Waals surface area (Å²) in [4.78, 5) is 11.1. The summed E-state index contributed by atoms with van der Waals surface area (Å²) >= 11 is 0. The molecule has 0 spiro atoms. The molecule has 1 fully saturated rings. The Balaban J connectivity index is 2.97. The summed E-state index contributed by atoms with van der Waals surface area (Å²) in [5.74, 6) is -2.27. The van der Waals surface area contributed by atoms with Crippen molar-refractivity contribution in [2.75, 3.05) is 0 Å². The van der Waals surface area contributed by atoms with Crippen molar-refractivity contribution in [1.82, 2.24) is 0 Å². The van der Waals surface area contributed by atoms with E-state index < -0.39 is 43.3 Å². The van der Waals surface area contributed by atoms with Crippen molar-refractivity contribution < 1.29 is 27.5 Å². The summed E-state index contributed by atoms with van der Waals surface area (Å²) in [5, 5.41) is 9.08. The quantitative estimate of drug-likeness (QED) is 0.783. The van der Waals surface area contributed by atoms with Crippen molar-refractivity contribution in [2.45, 2.75) is 58.6 Å². The van der Waals surface area contributed by atoms with Crippen LogP contribution in [0.2, 0.25) is 19.6 Å². The third kappa shape index (κ3) is 3.36. The first-order chi connectivity index (χ1) is 8.62. The fourth-order valence-electron chi connectivity index (χ4n) is 2.93.